The summed E-state index contributed by atoms with van der Waals surface area (Å²) in [6, 6.07) is 8.64. The van der Waals surface area contributed by atoms with E-state index >= 15 is 0 Å². The minimum absolute atomic E-state index is 0.0836. The van der Waals surface area contributed by atoms with Gasteiger partial charge < -0.3 is 10.1 Å². The lowest BCUT2D eigenvalue weighted by Crippen LogP contribution is -2.08. The smallest absolute Gasteiger partial charge is 0.144 e. The molecule has 2 aromatic carbocycles. The molecular weight excluding hydrogens is 284 g/mol. The SMILES string of the molecule is COc1cc(F)ccc1NC(C)c1ccc(Cl)c(F)c1. The third-order valence-electron chi connectivity index (χ3n) is 2.98. The first-order chi connectivity index (χ1) is 9.51. The van der Waals surface area contributed by atoms with Gasteiger partial charge in [0.1, 0.15) is 17.4 Å². The van der Waals surface area contributed by atoms with E-state index in [4.69, 9.17) is 16.3 Å². The highest BCUT2D eigenvalue weighted by Gasteiger charge is 2.11. The highest BCUT2D eigenvalue weighted by Crippen LogP contribution is 2.29. The molecule has 0 saturated heterocycles. The van der Waals surface area contributed by atoms with Crippen LogP contribution in [0.2, 0.25) is 5.02 Å². The third kappa shape index (κ3) is 3.20. The molecule has 2 nitrogen and oxygen atoms in total. The summed E-state index contributed by atoms with van der Waals surface area (Å²) in [7, 11) is 1.46. The minimum atomic E-state index is -0.469. The molecule has 2 aromatic rings. The van der Waals surface area contributed by atoms with Crippen LogP contribution in [0.4, 0.5) is 14.5 Å². The predicted molar refractivity (Wildman–Crippen MR) is 76.4 cm³/mol. The van der Waals surface area contributed by atoms with Crippen molar-refractivity contribution in [2.75, 3.05) is 12.4 Å². The van der Waals surface area contributed by atoms with Gasteiger partial charge in [0.25, 0.3) is 0 Å². The summed E-state index contributed by atoms with van der Waals surface area (Å²) in [6.07, 6.45) is 0. The van der Waals surface area contributed by atoms with Crippen molar-refractivity contribution in [2.24, 2.45) is 0 Å². The molecule has 1 unspecified atom stereocenters. The average molecular weight is 298 g/mol. The van der Waals surface area contributed by atoms with Crippen molar-refractivity contribution in [3.8, 4) is 5.75 Å². The van der Waals surface area contributed by atoms with Crippen LogP contribution in [-0.2, 0) is 0 Å². The van der Waals surface area contributed by atoms with Crippen LogP contribution in [0.3, 0.4) is 0 Å². The first-order valence-corrected chi connectivity index (χ1v) is 6.44. The van der Waals surface area contributed by atoms with Crippen molar-refractivity contribution >= 4 is 17.3 Å². The zero-order valence-corrected chi connectivity index (χ0v) is 11.8. The summed E-state index contributed by atoms with van der Waals surface area (Å²) in [5.74, 6) is -0.451. The van der Waals surface area contributed by atoms with Gasteiger partial charge in [-0.3, -0.25) is 0 Å². The quantitative estimate of drug-likeness (QED) is 0.875. The first kappa shape index (κ1) is 14.6. The number of rotatable bonds is 4. The largest absolute Gasteiger partial charge is 0.494 e. The maximum Gasteiger partial charge on any atom is 0.144 e. The molecule has 0 fully saturated rings. The summed E-state index contributed by atoms with van der Waals surface area (Å²) in [4.78, 5) is 0. The summed E-state index contributed by atoms with van der Waals surface area (Å²) < 4.78 is 31.7. The Morgan fingerprint density at radius 2 is 1.90 bits per heavy atom. The molecule has 106 valence electrons. The van der Waals surface area contributed by atoms with Gasteiger partial charge >= 0.3 is 0 Å². The van der Waals surface area contributed by atoms with Crippen LogP contribution < -0.4 is 10.1 Å². The van der Waals surface area contributed by atoms with E-state index in [0.717, 1.165) is 5.56 Å². The number of nitrogens with one attached hydrogen (secondary N) is 1. The van der Waals surface area contributed by atoms with Crippen molar-refractivity contribution < 1.29 is 13.5 Å². The van der Waals surface area contributed by atoms with Crippen molar-refractivity contribution in [3.05, 3.63) is 58.6 Å². The van der Waals surface area contributed by atoms with Crippen LogP contribution in [0.25, 0.3) is 0 Å². The second kappa shape index (κ2) is 6.09. The molecule has 0 bridgehead atoms. The molecule has 0 heterocycles. The van der Waals surface area contributed by atoms with Crippen LogP contribution >= 0.6 is 11.6 Å². The fourth-order valence-electron chi connectivity index (χ4n) is 1.88. The molecule has 0 spiro atoms. The molecule has 1 atom stereocenters. The van der Waals surface area contributed by atoms with Gasteiger partial charge in [0.05, 0.1) is 17.8 Å². The van der Waals surface area contributed by atoms with Gasteiger partial charge in [-0.2, -0.15) is 0 Å². The maximum absolute atomic E-state index is 13.4. The van der Waals surface area contributed by atoms with E-state index in [0.29, 0.717) is 11.4 Å². The van der Waals surface area contributed by atoms with Gasteiger partial charge in [-0.25, -0.2) is 8.78 Å². The van der Waals surface area contributed by atoms with Gasteiger partial charge in [0.2, 0.25) is 0 Å². The van der Waals surface area contributed by atoms with Gasteiger partial charge in [0, 0.05) is 12.1 Å². The van der Waals surface area contributed by atoms with Crippen LogP contribution in [0, 0.1) is 11.6 Å². The number of halogens is 3. The van der Waals surface area contributed by atoms with E-state index in [1.54, 1.807) is 12.1 Å². The third-order valence-corrected chi connectivity index (χ3v) is 3.29. The van der Waals surface area contributed by atoms with E-state index < -0.39 is 5.82 Å². The number of benzene rings is 2. The molecule has 0 aliphatic rings. The topological polar surface area (TPSA) is 21.3 Å². The Balaban J connectivity index is 2.22. The van der Waals surface area contributed by atoms with Crippen molar-refractivity contribution in [1.82, 2.24) is 0 Å². The monoisotopic (exact) mass is 297 g/mol. The lowest BCUT2D eigenvalue weighted by atomic mass is 10.1. The molecule has 2 rings (SSSR count). The number of hydrogen-bond donors (Lipinski definition) is 1. The number of methoxy groups -OCH3 is 1. The van der Waals surface area contributed by atoms with E-state index in [9.17, 15) is 8.78 Å². The highest BCUT2D eigenvalue weighted by atomic mass is 35.5. The van der Waals surface area contributed by atoms with Crippen LogP contribution in [0.5, 0.6) is 5.75 Å². The minimum Gasteiger partial charge on any atom is -0.494 e. The average Bonchev–Trinajstić information content (AvgIpc) is 2.43. The summed E-state index contributed by atoms with van der Waals surface area (Å²) in [6.45, 7) is 1.87. The zero-order chi connectivity index (χ0) is 14.7. The normalized spacial score (nSPS) is 12.1. The van der Waals surface area contributed by atoms with Crippen molar-refractivity contribution in [3.63, 3.8) is 0 Å². The lowest BCUT2D eigenvalue weighted by molar-refractivity contribution is 0.412. The Kier molecular flexibility index (Phi) is 4.45. The summed E-state index contributed by atoms with van der Waals surface area (Å²) >= 11 is 5.65. The van der Waals surface area contributed by atoms with Gasteiger partial charge in [-0.05, 0) is 36.8 Å². The van der Waals surface area contributed by atoms with Crippen LogP contribution in [0.1, 0.15) is 18.5 Å². The highest BCUT2D eigenvalue weighted by molar-refractivity contribution is 6.30. The molecule has 1 N–H and O–H groups in total. The molecule has 0 amide bonds. The van der Waals surface area contributed by atoms with E-state index in [2.05, 4.69) is 5.32 Å². The predicted octanol–water partition coefficient (Wildman–Crippen LogP) is 4.80. The molecule has 0 aromatic heterocycles. The van der Waals surface area contributed by atoms with Crippen LogP contribution in [0.15, 0.2) is 36.4 Å². The summed E-state index contributed by atoms with van der Waals surface area (Å²) in [5, 5.41) is 3.23. The second-order valence-electron chi connectivity index (χ2n) is 4.38. The van der Waals surface area contributed by atoms with Crippen LogP contribution in [-0.4, -0.2) is 7.11 Å². The van der Waals surface area contributed by atoms with E-state index in [-0.39, 0.29) is 16.9 Å². The number of hydrogen-bond acceptors (Lipinski definition) is 2. The van der Waals surface area contributed by atoms with E-state index in [1.807, 2.05) is 6.92 Å². The standard InChI is InChI=1S/C15H14ClF2NO/c1-9(10-3-5-12(16)13(18)7-10)19-14-6-4-11(17)8-15(14)20-2/h3-9,19H,1-2H3. The van der Waals surface area contributed by atoms with Crippen molar-refractivity contribution in [2.45, 2.75) is 13.0 Å². The molecule has 20 heavy (non-hydrogen) atoms. The Labute approximate surface area is 121 Å². The van der Waals surface area contributed by atoms with E-state index in [1.165, 1.54) is 31.4 Å². The Morgan fingerprint density at radius 3 is 2.55 bits per heavy atom. The lowest BCUT2D eigenvalue weighted by Gasteiger charge is -2.18. The molecule has 0 aliphatic carbocycles. The molecule has 0 saturated carbocycles. The maximum atomic E-state index is 13.4. The van der Waals surface area contributed by atoms with Gasteiger partial charge in [-0.1, -0.05) is 17.7 Å². The molecule has 0 aliphatic heterocycles. The fourth-order valence-corrected chi connectivity index (χ4v) is 2.00. The second-order valence-corrected chi connectivity index (χ2v) is 4.79. The Morgan fingerprint density at radius 1 is 1.15 bits per heavy atom. The molecule has 5 heteroatoms. The fraction of sp³-hybridized carbons (Fsp3) is 0.200. The zero-order valence-electron chi connectivity index (χ0n) is 11.1. The van der Waals surface area contributed by atoms with Crippen molar-refractivity contribution in [1.29, 1.82) is 0 Å². The Bertz CT molecular complexity index is 619. The number of ether oxygens (including phenoxy) is 1. The van der Waals surface area contributed by atoms with Gasteiger partial charge in [0.15, 0.2) is 0 Å². The van der Waals surface area contributed by atoms with Gasteiger partial charge in [-0.15, -0.1) is 0 Å². The molecule has 0 radical (unpaired) electrons. The molecular formula is C15H14ClF2NO. The summed E-state index contributed by atoms with van der Waals surface area (Å²) in [5.41, 5.74) is 1.37. The number of anilines is 1. The Hall–Kier alpha value is -1.81. The first-order valence-electron chi connectivity index (χ1n) is 6.06.